The van der Waals surface area contributed by atoms with Gasteiger partial charge in [-0.25, -0.2) is 0 Å². The van der Waals surface area contributed by atoms with Gasteiger partial charge in [0.15, 0.2) is 0 Å². The summed E-state index contributed by atoms with van der Waals surface area (Å²) in [6, 6.07) is 0.422. The van der Waals surface area contributed by atoms with Crippen LogP contribution in [0, 0.1) is 11.3 Å². The minimum absolute atomic E-state index is 0.191. The molecular formula is C12H23NO. The molecule has 0 aromatic rings. The average Bonchev–Trinajstić information content (AvgIpc) is 2.02. The van der Waals surface area contributed by atoms with Crippen molar-refractivity contribution in [3.8, 4) is 0 Å². The Kier molecular flexibility index (Phi) is 3.57. The smallest absolute Gasteiger partial charge is 0.225 e. The molecule has 1 aliphatic rings. The number of carbonyl (C=O) groups excluding carboxylic acids is 1. The predicted molar refractivity (Wildman–Crippen MR) is 59.0 cm³/mol. The molecule has 14 heavy (non-hydrogen) atoms. The lowest BCUT2D eigenvalue weighted by Gasteiger charge is -2.30. The fraction of sp³-hybridized carbons (Fsp3) is 0.917. The van der Waals surface area contributed by atoms with Gasteiger partial charge >= 0.3 is 0 Å². The Labute approximate surface area is 87.5 Å². The highest BCUT2D eigenvalue weighted by molar-refractivity contribution is 5.81. The molecule has 0 radical (unpaired) electrons. The largest absolute Gasteiger partial charge is 0.353 e. The lowest BCUT2D eigenvalue weighted by atomic mass is 9.86. The van der Waals surface area contributed by atoms with E-state index in [4.69, 9.17) is 0 Å². The van der Waals surface area contributed by atoms with Crippen molar-refractivity contribution in [3.63, 3.8) is 0 Å². The van der Waals surface area contributed by atoms with Gasteiger partial charge in [-0.1, -0.05) is 40.5 Å². The molecule has 82 valence electrons. The van der Waals surface area contributed by atoms with Crippen molar-refractivity contribution in [2.75, 3.05) is 0 Å². The monoisotopic (exact) mass is 197 g/mol. The Balaban J connectivity index is 2.40. The van der Waals surface area contributed by atoms with Gasteiger partial charge in [-0.3, -0.25) is 4.79 Å². The zero-order valence-corrected chi connectivity index (χ0v) is 9.89. The molecule has 1 rings (SSSR count). The highest BCUT2D eigenvalue weighted by Crippen LogP contribution is 2.24. The Morgan fingerprint density at radius 1 is 1.29 bits per heavy atom. The van der Waals surface area contributed by atoms with Crippen LogP contribution in [-0.4, -0.2) is 11.9 Å². The number of carbonyl (C=O) groups is 1. The number of amides is 1. The molecule has 0 bridgehead atoms. The summed E-state index contributed by atoms with van der Waals surface area (Å²) in [5, 5.41) is 3.15. The lowest BCUT2D eigenvalue weighted by Crippen LogP contribution is -2.43. The van der Waals surface area contributed by atoms with Crippen molar-refractivity contribution < 1.29 is 4.79 Å². The van der Waals surface area contributed by atoms with Crippen molar-refractivity contribution in [2.24, 2.45) is 11.3 Å². The van der Waals surface area contributed by atoms with E-state index in [0.717, 1.165) is 18.8 Å². The fourth-order valence-corrected chi connectivity index (χ4v) is 1.97. The van der Waals surface area contributed by atoms with Crippen molar-refractivity contribution in [3.05, 3.63) is 0 Å². The average molecular weight is 197 g/mol. The summed E-state index contributed by atoms with van der Waals surface area (Å²) in [4.78, 5) is 11.7. The fourth-order valence-electron chi connectivity index (χ4n) is 1.97. The van der Waals surface area contributed by atoms with Crippen molar-refractivity contribution in [1.29, 1.82) is 0 Å². The Hall–Kier alpha value is -0.530. The van der Waals surface area contributed by atoms with E-state index in [-0.39, 0.29) is 11.3 Å². The van der Waals surface area contributed by atoms with Crippen LogP contribution in [0.5, 0.6) is 0 Å². The Morgan fingerprint density at radius 3 is 2.43 bits per heavy atom. The zero-order chi connectivity index (χ0) is 10.8. The second-order valence-electron chi connectivity index (χ2n) is 5.69. The van der Waals surface area contributed by atoms with Gasteiger partial charge in [-0.05, 0) is 18.8 Å². The maximum atomic E-state index is 11.7. The van der Waals surface area contributed by atoms with E-state index >= 15 is 0 Å². The number of nitrogens with one attached hydrogen (secondary N) is 1. The van der Waals surface area contributed by atoms with Crippen molar-refractivity contribution in [1.82, 2.24) is 5.32 Å². The molecule has 0 unspecified atom stereocenters. The SMILES string of the molecule is C[C@@H]1CCC[C@@H](NC(=O)C(C)(C)C)C1. The molecule has 0 aromatic heterocycles. The molecule has 2 heteroatoms. The van der Waals surface area contributed by atoms with Gasteiger partial charge in [-0.15, -0.1) is 0 Å². The molecule has 0 spiro atoms. The molecule has 1 amide bonds. The number of hydrogen-bond acceptors (Lipinski definition) is 1. The Bertz CT molecular complexity index is 205. The van der Waals surface area contributed by atoms with Crippen LogP contribution in [0.15, 0.2) is 0 Å². The van der Waals surface area contributed by atoms with Crippen molar-refractivity contribution in [2.45, 2.75) is 59.4 Å². The van der Waals surface area contributed by atoms with Crippen LogP contribution in [0.1, 0.15) is 53.4 Å². The summed E-state index contributed by atoms with van der Waals surface area (Å²) >= 11 is 0. The van der Waals surface area contributed by atoms with E-state index in [1.54, 1.807) is 0 Å². The van der Waals surface area contributed by atoms with Crippen LogP contribution in [-0.2, 0) is 4.79 Å². The first-order valence-electron chi connectivity index (χ1n) is 5.70. The normalized spacial score (nSPS) is 28.6. The van der Waals surface area contributed by atoms with Crippen LogP contribution in [0.2, 0.25) is 0 Å². The lowest BCUT2D eigenvalue weighted by molar-refractivity contribution is -0.129. The first-order chi connectivity index (χ1) is 6.39. The summed E-state index contributed by atoms with van der Waals surface area (Å²) < 4.78 is 0. The van der Waals surface area contributed by atoms with Gasteiger partial charge in [-0.2, -0.15) is 0 Å². The molecule has 1 aliphatic carbocycles. The van der Waals surface area contributed by atoms with E-state index in [1.807, 2.05) is 20.8 Å². The van der Waals surface area contributed by atoms with Gasteiger partial charge in [0.2, 0.25) is 5.91 Å². The topological polar surface area (TPSA) is 29.1 Å². The van der Waals surface area contributed by atoms with Crippen LogP contribution in [0.3, 0.4) is 0 Å². The predicted octanol–water partition coefficient (Wildman–Crippen LogP) is 2.73. The van der Waals surface area contributed by atoms with Crippen molar-refractivity contribution >= 4 is 5.91 Å². The van der Waals surface area contributed by atoms with Gasteiger partial charge in [0.05, 0.1) is 0 Å². The van der Waals surface area contributed by atoms with Crippen LogP contribution < -0.4 is 5.32 Å². The maximum absolute atomic E-state index is 11.7. The molecule has 0 heterocycles. The second-order valence-corrected chi connectivity index (χ2v) is 5.69. The summed E-state index contributed by atoms with van der Waals surface area (Å²) in [6.07, 6.45) is 4.89. The van der Waals surface area contributed by atoms with Crippen LogP contribution in [0.4, 0.5) is 0 Å². The molecular weight excluding hydrogens is 174 g/mol. The van der Waals surface area contributed by atoms with E-state index in [0.29, 0.717) is 6.04 Å². The molecule has 1 N–H and O–H groups in total. The van der Waals surface area contributed by atoms with Crippen LogP contribution >= 0.6 is 0 Å². The summed E-state index contributed by atoms with van der Waals surface area (Å²) in [6.45, 7) is 8.17. The summed E-state index contributed by atoms with van der Waals surface area (Å²) in [5.74, 6) is 0.964. The highest BCUT2D eigenvalue weighted by Gasteiger charge is 2.26. The van der Waals surface area contributed by atoms with Gasteiger partial charge < -0.3 is 5.32 Å². The first-order valence-corrected chi connectivity index (χ1v) is 5.70. The molecule has 0 aliphatic heterocycles. The van der Waals surface area contributed by atoms with Gasteiger partial charge in [0.1, 0.15) is 0 Å². The molecule has 1 fully saturated rings. The Morgan fingerprint density at radius 2 is 1.93 bits per heavy atom. The quantitative estimate of drug-likeness (QED) is 0.688. The molecule has 2 nitrogen and oxygen atoms in total. The number of hydrogen-bond donors (Lipinski definition) is 1. The van der Waals surface area contributed by atoms with E-state index in [9.17, 15) is 4.79 Å². The van der Waals surface area contributed by atoms with E-state index in [1.165, 1.54) is 12.8 Å². The highest BCUT2D eigenvalue weighted by atomic mass is 16.2. The zero-order valence-electron chi connectivity index (χ0n) is 9.89. The summed E-state index contributed by atoms with van der Waals surface area (Å²) in [5.41, 5.74) is -0.249. The van der Waals surface area contributed by atoms with E-state index < -0.39 is 0 Å². The minimum Gasteiger partial charge on any atom is -0.353 e. The molecule has 2 atom stereocenters. The molecule has 0 saturated heterocycles. The minimum atomic E-state index is -0.249. The third kappa shape index (κ3) is 3.32. The van der Waals surface area contributed by atoms with Gasteiger partial charge in [0, 0.05) is 11.5 Å². The number of rotatable bonds is 1. The standard InChI is InChI=1S/C12H23NO/c1-9-6-5-7-10(8-9)13-11(14)12(2,3)4/h9-10H,5-8H2,1-4H3,(H,13,14)/t9-,10-/m1/s1. The first kappa shape index (κ1) is 11.5. The maximum Gasteiger partial charge on any atom is 0.225 e. The third-order valence-electron chi connectivity index (χ3n) is 2.95. The third-order valence-corrected chi connectivity index (χ3v) is 2.95. The van der Waals surface area contributed by atoms with Gasteiger partial charge in [0.25, 0.3) is 0 Å². The molecule has 0 aromatic carbocycles. The summed E-state index contributed by atoms with van der Waals surface area (Å²) in [7, 11) is 0. The van der Waals surface area contributed by atoms with E-state index in [2.05, 4.69) is 12.2 Å². The van der Waals surface area contributed by atoms with Crippen LogP contribution in [0.25, 0.3) is 0 Å². The second kappa shape index (κ2) is 4.33. The molecule has 1 saturated carbocycles.